The molecule has 1 aromatic carbocycles. The Balaban J connectivity index is 2.05. The van der Waals surface area contributed by atoms with Gasteiger partial charge in [0.1, 0.15) is 5.75 Å². The molecule has 1 aliphatic heterocycles. The van der Waals surface area contributed by atoms with Crippen LogP contribution in [0.25, 0.3) is 0 Å². The van der Waals surface area contributed by atoms with E-state index >= 15 is 0 Å². The predicted octanol–water partition coefficient (Wildman–Crippen LogP) is 3.18. The fourth-order valence-corrected chi connectivity index (χ4v) is 2.75. The van der Waals surface area contributed by atoms with Gasteiger partial charge in [-0.05, 0) is 43.6 Å². The van der Waals surface area contributed by atoms with E-state index in [9.17, 15) is 0 Å². The van der Waals surface area contributed by atoms with Crippen LogP contribution < -0.4 is 10.1 Å². The summed E-state index contributed by atoms with van der Waals surface area (Å²) in [5.74, 6) is 1.02. The number of rotatable bonds is 6. The van der Waals surface area contributed by atoms with Gasteiger partial charge in [0.25, 0.3) is 0 Å². The van der Waals surface area contributed by atoms with Crippen LogP contribution in [0.1, 0.15) is 44.2 Å². The summed E-state index contributed by atoms with van der Waals surface area (Å²) in [4.78, 5) is 2.54. The van der Waals surface area contributed by atoms with Crippen LogP contribution in [0.2, 0.25) is 0 Å². The lowest BCUT2D eigenvalue weighted by molar-refractivity contribution is 0.218. The van der Waals surface area contributed by atoms with E-state index in [1.807, 2.05) is 0 Å². The van der Waals surface area contributed by atoms with E-state index < -0.39 is 0 Å². The van der Waals surface area contributed by atoms with Crippen LogP contribution in [0.4, 0.5) is 0 Å². The van der Waals surface area contributed by atoms with Crippen LogP contribution in [0.15, 0.2) is 18.2 Å². The number of likely N-dealkylation sites (tertiary alicyclic amines) is 1. The van der Waals surface area contributed by atoms with Crippen molar-refractivity contribution < 1.29 is 4.74 Å². The SMILES string of the molecule is COc1ccc(CNC(C)C)cc1CN1CCCCC1. The lowest BCUT2D eigenvalue weighted by Gasteiger charge is -2.27. The van der Waals surface area contributed by atoms with E-state index in [1.165, 1.54) is 43.5 Å². The molecule has 1 saturated heterocycles. The van der Waals surface area contributed by atoms with Crippen LogP contribution in [0.5, 0.6) is 5.75 Å². The highest BCUT2D eigenvalue weighted by Crippen LogP contribution is 2.23. The number of benzene rings is 1. The minimum absolute atomic E-state index is 0.516. The first-order chi connectivity index (χ1) is 9.69. The Labute approximate surface area is 123 Å². The number of hydrogen-bond donors (Lipinski definition) is 1. The molecule has 112 valence electrons. The van der Waals surface area contributed by atoms with Gasteiger partial charge in [0.2, 0.25) is 0 Å². The molecule has 0 aliphatic carbocycles. The van der Waals surface area contributed by atoms with Crippen LogP contribution in [0, 0.1) is 0 Å². The number of methoxy groups -OCH3 is 1. The number of piperidine rings is 1. The molecule has 0 radical (unpaired) electrons. The zero-order chi connectivity index (χ0) is 14.4. The molecule has 0 atom stereocenters. The van der Waals surface area contributed by atoms with Gasteiger partial charge < -0.3 is 10.1 Å². The Kier molecular flexibility index (Phi) is 5.86. The number of hydrogen-bond acceptors (Lipinski definition) is 3. The maximum absolute atomic E-state index is 5.52. The summed E-state index contributed by atoms with van der Waals surface area (Å²) in [5.41, 5.74) is 2.66. The maximum atomic E-state index is 5.52. The largest absolute Gasteiger partial charge is 0.496 e. The summed E-state index contributed by atoms with van der Waals surface area (Å²) in [7, 11) is 1.76. The monoisotopic (exact) mass is 276 g/mol. The minimum atomic E-state index is 0.516. The van der Waals surface area contributed by atoms with Crippen LogP contribution in [0.3, 0.4) is 0 Å². The van der Waals surface area contributed by atoms with Crippen LogP contribution in [-0.2, 0) is 13.1 Å². The molecule has 0 aromatic heterocycles. The Hall–Kier alpha value is -1.06. The fourth-order valence-electron chi connectivity index (χ4n) is 2.75. The standard InChI is InChI=1S/C17H28N2O/c1-14(2)18-12-15-7-8-17(20-3)16(11-15)13-19-9-5-4-6-10-19/h7-8,11,14,18H,4-6,9-10,12-13H2,1-3H3. The Morgan fingerprint density at radius 3 is 2.60 bits per heavy atom. The summed E-state index contributed by atoms with van der Waals surface area (Å²) in [5, 5.41) is 3.48. The van der Waals surface area contributed by atoms with Gasteiger partial charge in [-0.3, -0.25) is 4.90 Å². The van der Waals surface area contributed by atoms with Gasteiger partial charge >= 0.3 is 0 Å². The van der Waals surface area contributed by atoms with Gasteiger partial charge in [-0.2, -0.15) is 0 Å². The second kappa shape index (κ2) is 7.65. The first kappa shape index (κ1) is 15.3. The smallest absolute Gasteiger partial charge is 0.123 e. The number of nitrogens with one attached hydrogen (secondary N) is 1. The topological polar surface area (TPSA) is 24.5 Å². The van der Waals surface area contributed by atoms with Crippen molar-refractivity contribution >= 4 is 0 Å². The number of nitrogens with zero attached hydrogens (tertiary/aromatic N) is 1. The Morgan fingerprint density at radius 2 is 1.95 bits per heavy atom. The van der Waals surface area contributed by atoms with Crippen molar-refractivity contribution in [1.82, 2.24) is 10.2 Å². The molecule has 2 rings (SSSR count). The Bertz CT molecular complexity index is 411. The molecular formula is C17H28N2O. The fraction of sp³-hybridized carbons (Fsp3) is 0.647. The molecule has 0 saturated carbocycles. The summed E-state index contributed by atoms with van der Waals surface area (Å²) < 4.78 is 5.52. The normalized spacial score (nSPS) is 16.6. The van der Waals surface area contributed by atoms with Crippen molar-refractivity contribution in [3.05, 3.63) is 29.3 Å². The van der Waals surface area contributed by atoms with Crippen molar-refractivity contribution in [1.29, 1.82) is 0 Å². The highest BCUT2D eigenvalue weighted by atomic mass is 16.5. The van der Waals surface area contributed by atoms with Crippen molar-refractivity contribution in [3.63, 3.8) is 0 Å². The first-order valence-electron chi connectivity index (χ1n) is 7.80. The summed E-state index contributed by atoms with van der Waals surface area (Å²) >= 11 is 0. The molecule has 0 amide bonds. The predicted molar refractivity (Wildman–Crippen MR) is 84.1 cm³/mol. The highest BCUT2D eigenvalue weighted by molar-refractivity contribution is 5.37. The third-order valence-electron chi connectivity index (χ3n) is 3.90. The summed E-state index contributed by atoms with van der Waals surface area (Å²) in [6.45, 7) is 8.74. The lowest BCUT2D eigenvalue weighted by Crippen LogP contribution is -2.29. The zero-order valence-electron chi connectivity index (χ0n) is 13.1. The molecule has 3 nitrogen and oxygen atoms in total. The molecule has 3 heteroatoms. The van der Waals surface area contributed by atoms with Crippen molar-refractivity contribution in [2.24, 2.45) is 0 Å². The maximum Gasteiger partial charge on any atom is 0.123 e. The van der Waals surface area contributed by atoms with Gasteiger partial charge in [0.05, 0.1) is 7.11 Å². The van der Waals surface area contributed by atoms with Gasteiger partial charge in [0.15, 0.2) is 0 Å². The van der Waals surface area contributed by atoms with Crippen molar-refractivity contribution in [2.45, 2.75) is 52.2 Å². The molecule has 1 aromatic rings. The van der Waals surface area contributed by atoms with Crippen LogP contribution in [-0.4, -0.2) is 31.1 Å². The molecule has 0 spiro atoms. The van der Waals surface area contributed by atoms with E-state index in [1.54, 1.807) is 7.11 Å². The van der Waals surface area contributed by atoms with E-state index in [2.05, 4.69) is 42.3 Å². The van der Waals surface area contributed by atoms with Gasteiger partial charge in [-0.1, -0.05) is 26.3 Å². The average Bonchev–Trinajstić information content (AvgIpc) is 2.46. The molecule has 1 N–H and O–H groups in total. The first-order valence-corrected chi connectivity index (χ1v) is 7.80. The second-order valence-electron chi connectivity index (χ2n) is 6.02. The molecule has 1 aliphatic rings. The van der Waals surface area contributed by atoms with E-state index in [0.29, 0.717) is 6.04 Å². The van der Waals surface area contributed by atoms with E-state index in [4.69, 9.17) is 4.74 Å². The molecule has 0 bridgehead atoms. The molecule has 1 heterocycles. The third-order valence-corrected chi connectivity index (χ3v) is 3.90. The molecule has 20 heavy (non-hydrogen) atoms. The summed E-state index contributed by atoms with van der Waals surface area (Å²) in [6.07, 6.45) is 4.04. The molecule has 1 fully saturated rings. The molecule has 0 unspecified atom stereocenters. The van der Waals surface area contributed by atoms with Crippen molar-refractivity contribution in [2.75, 3.05) is 20.2 Å². The number of ether oxygens (including phenoxy) is 1. The van der Waals surface area contributed by atoms with Gasteiger partial charge in [-0.25, -0.2) is 0 Å². The molecular weight excluding hydrogens is 248 g/mol. The van der Waals surface area contributed by atoms with Crippen molar-refractivity contribution in [3.8, 4) is 5.75 Å². The van der Waals surface area contributed by atoms with Crippen LogP contribution >= 0.6 is 0 Å². The average molecular weight is 276 g/mol. The summed E-state index contributed by atoms with van der Waals surface area (Å²) in [6, 6.07) is 7.08. The lowest BCUT2D eigenvalue weighted by atomic mass is 10.1. The zero-order valence-corrected chi connectivity index (χ0v) is 13.1. The minimum Gasteiger partial charge on any atom is -0.496 e. The third kappa shape index (κ3) is 4.50. The van der Waals surface area contributed by atoms with E-state index in [0.717, 1.165) is 18.8 Å². The highest BCUT2D eigenvalue weighted by Gasteiger charge is 2.13. The van der Waals surface area contributed by atoms with Gasteiger partial charge in [-0.15, -0.1) is 0 Å². The second-order valence-corrected chi connectivity index (χ2v) is 6.02. The van der Waals surface area contributed by atoms with Gasteiger partial charge in [0, 0.05) is 24.7 Å². The quantitative estimate of drug-likeness (QED) is 0.863. The Morgan fingerprint density at radius 1 is 1.20 bits per heavy atom. The van der Waals surface area contributed by atoms with E-state index in [-0.39, 0.29) is 0 Å².